The van der Waals surface area contributed by atoms with Crippen molar-refractivity contribution >= 4 is 0 Å². The van der Waals surface area contributed by atoms with Crippen molar-refractivity contribution in [2.24, 2.45) is 0 Å². The first-order valence-electron chi connectivity index (χ1n) is 12.3. The van der Waals surface area contributed by atoms with Gasteiger partial charge in [0.1, 0.15) is 11.6 Å². The van der Waals surface area contributed by atoms with Crippen molar-refractivity contribution < 1.29 is 4.39 Å². The Morgan fingerprint density at radius 3 is 2.47 bits per heavy atom. The average molecular weight is 455 g/mol. The van der Waals surface area contributed by atoms with Crippen LogP contribution in [0.15, 0.2) is 79.1 Å². The molecule has 0 saturated heterocycles. The summed E-state index contributed by atoms with van der Waals surface area (Å²) in [6, 6.07) is 21.9. The molecule has 0 saturated carbocycles. The summed E-state index contributed by atoms with van der Waals surface area (Å²) in [6.07, 6.45) is 8.07. The Bertz CT molecular complexity index is 1200. The topological polar surface area (TPSA) is 34.0 Å². The van der Waals surface area contributed by atoms with Crippen molar-refractivity contribution in [2.45, 2.75) is 45.2 Å². The van der Waals surface area contributed by atoms with E-state index in [2.05, 4.69) is 51.7 Å². The molecule has 34 heavy (non-hydrogen) atoms. The molecule has 0 bridgehead atoms. The third kappa shape index (κ3) is 4.80. The molecule has 4 nitrogen and oxygen atoms in total. The number of halogens is 1. The van der Waals surface area contributed by atoms with Crippen molar-refractivity contribution in [2.75, 3.05) is 13.1 Å². The highest BCUT2D eigenvalue weighted by Gasteiger charge is 2.31. The SMILES string of the molecule is CCCCN(Cc1ccccc1)C[C@@H]1CCc2nc(-c3ccc(F)cc3)c(-c3ccncc3)n21. The molecule has 5 heteroatoms. The van der Waals surface area contributed by atoms with Gasteiger partial charge in [0, 0.05) is 49.1 Å². The standard InChI is InChI=1S/C29H31FN4/c1-2-3-19-33(20-22-7-5-4-6-8-22)21-26-13-14-27-32-28(23-9-11-25(30)12-10-23)29(34(26)27)24-15-17-31-18-16-24/h4-12,15-18,26H,2-3,13-14,19-21H2,1H3/t26-/m0/s1. The number of fused-ring (bicyclic) bond motifs is 1. The van der Waals surface area contributed by atoms with Gasteiger partial charge in [-0.25, -0.2) is 9.37 Å². The van der Waals surface area contributed by atoms with Gasteiger partial charge in [0.25, 0.3) is 0 Å². The molecule has 1 aliphatic rings. The highest BCUT2D eigenvalue weighted by Crippen LogP contribution is 2.40. The van der Waals surface area contributed by atoms with Gasteiger partial charge >= 0.3 is 0 Å². The van der Waals surface area contributed by atoms with Crippen LogP contribution in [-0.4, -0.2) is 32.5 Å². The Morgan fingerprint density at radius 1 is 0.971 bits per heavy atom. The predicted molar refractivity (Wildman–Crippen MR) is 135 cm³/mol. The fraction of sp³-hybridized carbons (Fsp3) is 0.310. The fourth-order valence-electron chi connectivity index (χ4n) is 5.00. The fourth-order valence-corrected chi connectivity index (χ4v) is 5.00. The molecule has 174 valence electrons. The molecule has 0 unspecified atom stereocenters. The molecular formula is C29H31FN4. The zero-order chi connectivity index (χ0) is 23.3. The second kappa shape index (κ2) is 10.3. The third-order valence-electron chi connectivity index (χ3n) is 6.67. The molecule has 0 N–H and O–H groups in total. The number of unbranched alkanes of at least 4 members (excludes halogenated alkanes) is 1. The zero-order valence-corrected chi connectivity index (χ0v) is 19.7. The number of nitrogens with zero attached hydrogens (tertiary/aromatic N) is 4. The van der Waals surface area contributed by atoms with Crippen LogP contribution >= 0.6 is 0 Å². The molecule has 0 aliphatic carbocycles. The molecule has 5 rings (SSSR count). The second-order valence-electron chi connectivity index (χ2n) is 9.10. The van der Waals surface area contributed by atoms with E-state index in [9.17, 15) is 4.39 Å². The van der Waals surface area contributed by atoms with Crippen molar-refractivity contribution in [3.8, 4) is 22.5 Å². The lowest BCUT2D eigenvalue weighted by molar-refractivity contribution is 0.223. The lowest BCUT2D eigenvalue weighted by Crippen LogP contribution is -2.30. The van der Waals surface area contributed by atoms with Gasteiger partial charge in [0.15, 0.2) is 0 Å². The number of hydrogen-bond donors (Lipinski definition) is 0. The molecule has 1 aliphatic heterocycles. The first-order chi connectivity index (χ1) is 16.7. The zero-order valence-electron chi connectivity index (χ0n) is 19.7. The molecule has 0 spiro atoms. The van der Waals surface area contributed by atoms with Crippen LogP contribution < -0.4 is 0 Å². The quantitative estimate of drug-likeness (QED) is 0.288. The summed E-state index contributed by atoms with van der Waals surface area (Å²) in [4.78, 5) is 11.9. The van der Waals surface area contributed by atoms with Crippen LogP contribution in [0.1, 0.15) is 43.6 Å². The highest BCUT2D eigenvalue weighted by atomic mass is 19.1. The molecule has 0 fully saturated rings. The molecule has 1 atom stereocenters. The minimum Gasteiger partial charge on any atom is -0.323 e. The van der Waals surface area contributed by atoms with Gasteiger partial charge < -0.3 is 4.57 Å². The van der Waals surface area contributed by atoms with E-state index in [-0.39, 0.29) is 5.82 Å². The van der Waals surface area contributed by atoms with Crippen LogP contribution in [0.2, 0.25) is 0 Å². The molecular weight excluding hydrogens is 423 g/mol. The van der Waals surface area contributed by atoms with E-state index in [1.54, 1.807) is 0 Å². The van der Waals surface area contributed by atoms with Gasteiger partial charge in [0.05, 0.1) is 11.4 Å². The van der Waals surface area contributed by atoms with Gasteiger partial charge in [-0.15, -0.1) is 0 Å². The van der Waals surface area contributed by atoms with E-state index < -0.39 is 0 Å². The summed E-state index contributed by atoms with van der Waals surface area (Å²) in [5, 5.41) is 0. The number of rotatable bonds is 9. The molecule has 3 heterocycles. The van der Waals surface area contributed by atoms with E-state index in [1.165, 1.54) is 30.5 Å². The second-order valence-corrected chi connectivity index (χ2v) is 9.10. The summed E-state index contributed by atoms with van der Waals surface area (Å²) in [5.74, 6) is 0.887. The average Bonchev–Trinajstić information content (AvgIpc) is 3.44. The maximum atomic E-state index is 13.6. The Kier molecular flexibility index (Phi) is 6.82. The van der Waals surface area contributed by atoms with Gasteiger partial charge in [-0.05, 0) is 61.3 Å². The van der Waals surface area contributed by atoms with E-state index in [1.807, 2.05) is 36.7 Å². The van der Waals surface area contributed by atoms with Crippen LogP contribution in [0, 0.1) is 5.82 Å². The van der Waals surface area contributed by atoms with Crippen LogP contribution in [-0.2, 0) is 13.0 Å². The Labute approximate surface area is 201 Å². The smallest absolute Gasteiger partial charge is 0.123 e. The lowest BCUT2D eigenvalue weighted by Gasteiger charge is -2.27. The van der Waals surface area contributed by atoms with Crippen LogP contribution in [0.4, 0.5) is 4.39 Å². The van der Waals surface area contributed by atoms with Crippen LogP contribution in [0.3, 0.4) is 0 Å². The van der Waals surface area contributed by atoms with E-state index in [0.29, 0.717) is 6.04 Å². The summed E-state index contributed by atoms with van der Waals surface area (Å²) in [7, 11) is 0. The van der Waals surface area contributed by atoms with E-state index in [0.717, 1.165) is 60.8 Å². The van der Waals surface area contributed by atoms with Gasteiger partial charge in [-0.2, -0.15) is 0 Å². The lowest BCUT2D eigenvalue weighted by atomic mass is 10.0. The minimum absolute atomic E-state index is 0.230. The first-order valence-corrected chi connectivity index (χ1v) is 12.3. The molecule has 0 amide bonds. The maximum absolute atomic E-state index is 13.6. The predicted octanol–water partition coefficient (Wildman–Crippen LogP) is 6.54. The van der Waals surface area contributed by atoms with Crippen LogP contribution in [0.25, 0.3) is 22.5 Å². The summed E-state index contributed by atoms with van der Waals surface area (Å²) < 4.78 is 16.1. The first kappa shape index (κ1) is 22.5. The minimum atomic E-state index is -0.230. The summed E-state index contributed by atoms with van der Waals surface area (Å²) in [5.41, 5.74) is 5.43. The largest absolute Gasteiger partial charge is 0.323 e. The van der Waals surface area contributed by atoms with E-state index in [4.69, 9.17) is 4.98 Å². The molecule has 2 aromatic carbocycles. The highest BCUT2D eigenvalue weighted by molar-refractivity contribution is 5.79. The Balaban J connectivity index is 1.51. The van der Waals surface area contributed by atoms with Gasteiger partial charge in [-0.1, -0.05) is 43.7 Å². The number of benzene rings is 2. The van der Waals surface area contributed by atoms with Crippen molar-refractivity contribution in [1.82, 2.24) is 19.4 Å². The molecule has 4 aromatic rings. The number of aromatic nitrogens is 3. The van der Waals surface area contributed by atoms with E-state index >= 15 is 0 Å². The Hall–Kier alpha value is -3.31. The number of aryl methyl sites for hydroxylation is 1. The van der Waals surface area contributed by atoms with Gasteiger partial charge in [-0.3, -0.25) is 9.88 Å². The summed E-state index contributed by atoms with van der Waals surface area (Å²) in [6.45, 7) is 5.28. The molecule has 2 aromatic heterocycles. The van der Waals surface area contributed by atoms with Crippen molar-refractivity contribution in [3.63, 3.8) is 0 Å². The van der Waals surface area contributed by atoms with Crippen molar-refractivity contribution in [1.29, 1.82) is 0 Å². The number of hydrogen-bond acceptors (Lipinski definition) is 3. The Morgan fingerprint density at radius 2 is 1.74 bits per heavy atom. The molecule has 0 radical (unpaired) electrons. The van der Waals surface area contributed by atoms with Crippen molar-refractivity contribution in [3.05, 3.63) is 96.3 Å². The van der Waals surface area contributed by atoms with Gasteiger partial charge in [0.2, 0.25) is 0 Å². The monoisotopic (exact) mass is 454 g/mol. The summed E-state index contributed by atoms with van der Waals surface area (Å²) >= 11 is 0. The number of imidazole rings is 1. The normalized spacial score (nSPS) is 15.1. The number of pyridine rings is 1. The van der Waals surface area contributed by atoms with Crippen LogP contribution in [0.5, 0.6) is 0 Å². The third-order valence-corrected chi connectivity index (χ3v) is 6.67. The maximum Gasteiger partial charge on any atom is 0.123 e.